The van der Waals surface area contributed by atoms with Gasteiger partial charge in [-0.25, -0.2) is 0 Å². The van der Waals surface area contributed by atoms with E-state index in [1.54, 1.807) is 0 Å². The largest absolute Gasteiger partial charge is 0.310 e. The molecule has 0 bridgehead atoms. The lowest BCUT2D eigenvalue weighted by molar-refractivity contribution is 1.30. The molecule has 0 radical (unpaired) electrons. The molecular formula is C46H31NS. The van der Waals surface area contributed by atoms with Gasteiger partial charge in [0.05, 0.1) is 5.69 Å². The maximum Gasteiger partial charge on any atom is 0.0554 e. The Hall–Kier alpha value is -5.96. The van der Waals surface area contributed by atoms with E-state index in [4.69, 9.17) is 0 Å². The average Bonchev–Trinajstić information content (AvgIpc) is 3.55. The Balaban J connectivity index is 1.22. The van der Waals surface area contributed by atoms with Crippen molar-refractivity contribution in [3.8, 4) is 33.4 Å². The van der Waals surface area contributed by atoms with Crippen LogP contribution < -0.4 is 4.90 Å². The highest BCUT2D eigenvalue weighted by molar-refractivity contribution is 7.26. The summed E-state index contributed by atoms with van der Waals surface area (Å²) >= 11 is 1.86. The number of thiophene rings is 1. The zero-order valence-corrected chi connectivity index (χ0v) is 27.1. The first-order chi connectivity index (χ1) is 23.8. The molecule has 8 aromatic carbocycles. The monoisotopic (exact) mass is 629 g/mol. The van der Waals surface area contributed by atoms with E-state index >= 15 is 0 Å². The van der Waals surface area contributed by atoms with E-state index in [0.29, 0.717) is 0 Å². The van der Waals surface area contributed by atoms with E-state index in [9.17, 15) is 0 Å². The Kier molecular flexibility index (Phi) is 7.07. The molecule has 0 atom stereocenters. The van der Waals surface area contributed by atoms with Crippen molar-refractivity contribution >= 4 is 59.3 Å². The summed E-state index contributed by atoms with van der Waals surface area (Å²) in [4.78, 5) is 2.44. The highest BCUT2D eigenvalue weighted by Gasteiger charge is 2.19. The first kappa shape index (κ1) is 28.3. The fourth-order valence-electron chi connectivity index (χ4n) is 6.99. The summed E-state index contributed by atoms with van der Waals surface area (Å²) in [5, 5.41) is 5.10. The maximum absolute atomic E-state index is 2.44. The molecule has 0 unspecified atom stereocenters. The van der Waals surface area contributed by atoms with Crippen LogP contribution in [0.2, 0.25) is 0 Å². The quantitative estimate of drug-likeness (QED) is 0.177. The van der Waals surface area contributed by atoms with E-state index < -0.39 is 0 Å². The molecule has 1 nitrogen and oxygen atoms in total. The summed E-state index contributed by atoms with van der Waals surface area (Å²) in [6.07, 6.45) is 0. The zero-order chi connectivity index (χ0) is 31.9. The van der Waals surface area contributed by atoms with Crippen molar-refractivity contribution in [3.63, 3.8) is 0 Å². The normalized spacial score (nSPS) is 11.3. The van der Waals surface area contributed by atoms with E-state index in [0.717, 1.165) is 11.4 Å². The van der Waals surface area contributed by atoms with Gasteiger partial charge in [-0.3, -0.25) is 0 Å². The number of hydrogen-bond donors (Lipinski definition) is 0. The first-order valence-corrected chi connectivity index (χ1v) is 17.2. The predicted octanol–water partition coefficient (Wildman–Crippen LogP) is 13.7. The van der Waals surface area contributed by atoms with Gasteiger partial charge in [-0.2, -0.15) is 0 Å². The van der Waals surface area contributed by atoms with Crippen LogP contribution in [-0.4, -0.2) is 0 Å². The predicted molar refractivity (Wildman–Crippen MR) is 208 cm³/mol. The molecule has 48 heavy (non-hydrogen) atoms. The molecule has 226 valence electrons. The molecule has 0 fully saturated rings. The van der Waals surface area contributed by atoms with Crippen LogP contribution in [0.3, 0.4) is 0 Å². The van der Waals surface area contributed by atoms with Gasteiger partial charge in [0, 0.05) is 31.5 Å². The maximum atomic E-state index is 2.44. The summed E-state index contributed by atoms with van der Waals surface area (Å²) < 4.78 is 2.59. The molecule has 1 aromatic heterocycles. The van der Waals surface area contributed by atoms with Crippen LogP contribution in [0.1, 0.15) is 0 Å². The zero-order valence-electron chi connectivity index (χ0n) is 26.3. The van der Waals surface area contributed by atoms with Gasteiger partial charge in [0.1, 0.15) is 0 Å². The van der Waals surface area contributed by atoms with Crippen molar-refractivity contribution in [1.82, 2.24) is 0 Å². The molecule has 1 heterocycles. The number of nitrogens with zero attached hydrogens (tertiary/aromatic N) is 1. The van der Waals surface area contributed by atoms with Crippen LogP contribution in [0.4, 0.5) is 17.1 Å². The number of benzene rings is 8. The summed E-state index contributed by atoms with van der Waals surface area (Å²) in [5.74, 6) is 0. The van der Waals surface area contributed by atoms with Crippen LogP contribution in [0.5, 0.6) is 0 Å². The molecule has 0 aliphatic rings. The third kappa shape index (κ3) is 5.04. The standard InChI is InChI=1S/C46H31NS/c1-2-13-32(14-3-1)35-18-9-21-38(30-35)47(43-26-12-28-45-46(43)42-24-6-7-27-44(42)48-45)39-22-10-19-36(31-39)34-17-8-20-37(29-34)41-25-11-16-33-15-4-5-23-40(33)41/h1-31H. The van der Waals surface area contributed by atoms with Gasteiger partial charge in [-0.1, -0.05) is 140 Å². The van der Waals surface area contributed by atoms with Crippen molar-refractivity contribution in [2.45, 2.75) is 0 Å². The van der Waals surface area contributed by atoms with Crippen molar-refractivity contribution in [2.75, 3.05) is 4.90 Å². The number of anilines is 3. The molecule has 0 amide bonds. The van der Waals surface area contributed by atoms with Crippen LogP contribution >= 0.6 is 11.3 Å². The van der Waals surface area contributed by atoms with Crippen molar-refractivity contribution in [1.29, 1.82) is 0 Å². The lowest BCUT2D eigenvalue weighted by atomic mass is 9.95. The second-order valence-electron chi connectivity index (χ2n) is 12.2. The first-order valence-electron chi connectivity index (χ1n) is 16.3. The molecule has 0 spiro atoms. The van der Waals surface area contributed by atoms with Gasteiger partial charge in [0.25, 0.3) is 0 Å². The molecule has 0 aliphatic carbocycles. The van der Waals surface area contributed by atoms with Gasteiger partial charge < -0.3 is 4.90 Å². The van der Waals surface area contributed by atoms with Crippen LogP contribution in [0.15, 0.2) is 188 Å². The molecule has 2 heteroatoms. The number of fused-ring (bicyclic) bond motifs is 4. The van der Waals surface area contributed by atoms with Gasteiger partial charge in [-0.15, -0.1) is 11.3 Å². The minimum Gasteiger partial charge on any atom is -0.310 e. The van der Waals surface area contributed by atoms with E-state index in [1.807, 2.05) is 11.3 Å². The third-order valence-corrected chi connectivity index (χ3v) is 10.4. The summed E-state index contributed by atoms with van der Waals surface area (Å²) in [5.41, 5.74) is 10.7. The van der Waals surface area contributed by atoms with E-state index in [2.05, 4.69) is 193 Å². The Morgan fingerprint density at radius 2 is 0.896 bits per heavy atom. The van der Waals surface area contributed by atoms with Gasteiger partial charge in [0.2, 0.25) is 0 Å². The van der Waals surface area contributed by atoms with Crippen LogP contribution in [0, 0.1) is 0 Å². The summed E-state index contributed by atoms with van der Waals surface area (Å²) in [6, 6.07) is 68.2. The average molecular weight is 630 g/mol. The van der Waals surface area contributed by atoms with E-state index in [1.165, 1.54) is 70.0 Å². The number of hydrogen-bond acceptors (Lipinski definition) is 2. The van der Waals surface area contributed by atoms with E-state index in [-0.39, 0.29) is 0 Å². The van der Waals surface area contributed by atoms with Crippen molar-refractivity contribution in [2.24, 2.45) is 0 Å². The molecule has 0 aliphatic heterocycles. The molecular weight excluding hydrogens is 599 g/mol. The molecule has 9 rings (SSSR count). The van der Waals surface area contributed by atoms with Crippen LogP contribution in [-0.2, 0) is 0 Å². The Bertz CT molecular complexity index is 2570. The lowest BCUT2D eigenvalue weighted by Gasteiger charge is -2.27. The van der Waals surface area contributed by atoms with Crippen molar-refractivity contribution in [3.05, 3.63) is 188 Å². The third-order valence-electron chi connectivity index (χ3n) is 9.23. The second-order valence-corrected chi connectivity index (χ2v) is 13.2. The summed E-state index contributed by atoms with van der Waals surface area (Å²) in [6.45, 7) is 0. The molecule has 0 saturated heterocycles. The minimum absolute atomic E-state index is 1.12. The fraction of sp³-hybridized carbons (Fsp3) is 0. The lowest BCUT2D eigenvalue weighted by Crippen LogP contribution is -2.10. The molecule has 0 N–H and O–H groups in total. The topological polar surface area (TPSA) is 3.24 Å². The van der Waals surface area contributed by atoms with Crippen molar-refractivity contribution < 1.29 is 0 Å². The highest BCUT2D eigenvalue weighted by atomic mass is 32.1. The Morgan fingerprint density at radius 1 is 0.354 bits per heavy atom. The fourth-order valence-corrected chi connectivity index (χ4v) is 8.12. The van der Waals surface area contributed by atoms with Crippen LogP contribution in [0.25, 0.3) is 64.3 Å². The Labute approximate surface area is 284 Å². The SMILES string of the molecule is c1ccc(-c2cccc(N(c3cccc(-c4cccc(-c5cccc6ccccc56)c4)c3)c3cccc4sc5ccccc5c34)c2)cc1. The van der Waals surface area contributed by atoms with Gasteiger partial charge in [-0.05, 0) is 92.7 Å². The molecule has 9 aromatic rings. The summed E-state index contributed by atoms with van der Waals surface area (Å²) in [7, 11) is 0. The highest BCUT2D eigenvalue weighted by Crippen LogP contribution is 2.46. The van der Waals surface area contributed by atoms with Gasteiger partial charge >= 0.3 is 0 Å². The molecule has 0 saturated carbocycles. The second kappa shape index (κ2) is 12.0. The van der Waals surface area contributed by atoms with Gasteiger partial charge in [0.15, 0.2) is 0 Å². The minimum atomic E-state index is 1.12. The smallest absolute Gasteiger partial charge is 0.0554 e. The Morgan fingerprint density at radius 3 is 1.71 bits per heavy atom. The number of rotatable bonds is 6.